The highest BCUT2D eigenvalue weighted by atomic mass is 35.5. The second kappa shape index (κ2) is 7.85. The molecule has 0 aliphatic carbocycles. The SMILES string of the molecule is [O]c1ccc(/C(=C(/CCCl)c2ccccc2)c2ccccc2)cc1. The maximum absolute atomic E-state index is 11.5. The minimum atomic E-state index is 0.0183. The van der Waals surface area contributed by atoms with Crippen LogP contribution in [0.1, 0.15) is 23.1 Å². The summed E-state index contributed by atoms with van der Waals surface area (Å²) in [4.78, 5) is 0. The van der Waals surface area contributed by atoms with Crippen molar-refractivity contribution in [2.24, 2.45) is 0 Å². The smallest absolute Gasteiger partial charge is 0.178 e. The maximum atomic E-state index is 11.5. The Morgan fingerprint density at radius 3 is 1.71 bits per heavy atom. The largest absolute Gasteiger partial charge is 0.290 e. The third-order valence-electron chi connectivity index (χ3n) is 3.97. The second-order valence-corrected chi connectivity index (χ2v) is 5.93. The van der Waals surface area contributed by atoms with Gasteiger partial charge in [0, 0.05) is 5.88 Å². The highest BCUT2D eigenvalue weighted by Crippen LogP contribution is 2.35. The summed E-state index contributed by atoms with van der Waals surface area (Å²) in [5.41, 5.74) is 5.63. The van der Waals surface area contributed by atoms with Gasteiger partial charge in [-0.05, 0) is 46.4 Å². The number of hydrogen-bond acceptors (Lipinski definition) is 0. The molecule has 0 N–H and O–H groups in total. The summed E-state index contributed by atoms with van der Waals surface area (Å²) in [7, 11) is 0. The van der Waals surface area contributed by atoms with Crippen LogP contribution >= 0.6 is 11.6 Å². The topological polar surface area (TPSA) is 19.9 Å². The van der Waals surface area contributed by atoms with Crippen LogP contribution in [0.15, 0.2) is 84.9 Å². The number of allylic oxidation sites excluding steroid dienone is 1. The van der Waals surface area contributed by atoms with Crippen LogP contribution in [0.5, 0.6) is 5.75 Å². The van der Waals surface area contributed by atoms with E-state index >= 15 is 0 Å². The quantitative estimate of drug-likeness (QED) is 0.379. The van der Waals surface area contributed by atoms with Crippen molar-refractivity contribution in [2.45, 2.75) is 6.42 Å². The Labute approximate surface area is 147 Å². The molecular formula is C22H18ClO. The lowest BCUT2D eigenvalue weighted by atomic mass is 9.88. The zero-order valence-electron chi connectivity index (χ0n) is 13.3. The highest BCUT2D eigenvalue weighted by Gasteiger charge is 2.13. The van der Waals surface area contributed by atoms with Gasteiger partial charge in [0.1, 0.15) is 0 Å². The van der Waals surface area contributed by atoms with E-state index in [2.05, 4.69) is 24.3 Å². The summed E-state index contributed by atoms with van der Waals surface area (Å²) in [5.74, 6) is 0.560. The first kappa shape index (κ1) is 16.4. The summed E-state index contributed by atoms with van der Waals surface area (Å²) < 4.78 is 0. The van der Waals surface area contributed by atoms with Crippen molar-refractivity contribution in [3.8, 4) is 5.75 Å². The molecule has 0 heterocycles. The first-order valence-corrected chi connectivity index (χ1v) is 8.50. The molecule has 3 rings (SSSR count). The molecule has 0 spiro atoms. The standard InChI is InChI=1S/C22H18ClO/c23-16-15-21(17-7-3-1-4-8-17)22(18-9-5-2-6-10-18)19-11-13-20(24)14-12-19/h1-14H,15-16H2/b22-21-. The molecule has 119 valence electrons. The van der Waals surface area contributed by atoms with Gasteiger partial charge in [-0.15, -0.1) is 11.6 Å². The Morgan fingerprint density at radius 1 is 0.667 bits per heavy atom. The lowest BCUT2D eigenvalue weighted by molar-refractivity contribution is 0.355. The summed E-state index contributed by atoms with van der Waals surface area (Å²) in [6, 6.07) is 27.5. The molecule has 0 bridgehead atoms. The van der Waals surface area contributed by atoms with E-state index < -0.39 is 0 Å². The van der Waals surface area contributed by atoms with Crippen molar-refractivity contribution in [3.63, 3.8) is 0 Å². The van der Waals surface area contributed by atoms with E-state index in [1.54, 1.807) is 12.1 Å². The molecule has 0 fully saturated rings. The Kier molecular flexibility index (Phi) is 5.35. The summed E-state index contributed by atoms with van der Waals surface area (Å²) >= 11 is 6.11. The zero-order chi connectivity index (χ0) is 16.8. The highest BCUT2D eigenvalue weighted by molar-refractivity contribution is 6.18. The molecule has 0 saturated heterocycles. The molecule has 1 radical (unpaired) electrons. The summed E-state index contributed by atoms with van der Waals surface area (Å²) in [5, 5.41) is 11.5. The third kappa shape index (κ3) is 3.69. The van der Waals surface area contributed by atoms with Crippen molar-refractivity contribution in [1.29, 1.82) is 0 Å². The van der Waals surface area contributed by atoms with Gasteiger partial charge in [0.2, 0.25) is 0 Å². The first-order valence-electron chi connectivity index (χ1n) is 7.97. The van der Waals surface area contributed by atoms with Crippen LogP contribution in [0, 0.1) is 0 Å². The van der Waals surface area contributed by atoms with Crippen LogP contribution in [0.25, 0.3) is 11.1 Å². The van der Waals surface area contributed by atoms with Crippen LogP contribution in [-0.4, -0.2) is 5.88 Å². The van der Waals surface area contributed by atoms with Crippen LogP contribution in [0.2, 0.25) is 0 Å². The van der Waals surface area contributed by atoms with E-state index in [-0.39, 0.29) is 5.75 Å². The fourth-order valence-electron chi connectivity index (χ4n) is 2.89. The average Bonchev–Trinajstić information content (AvgIpc) is 2.64. The Hall–Kier alpha value is -2.51. The molecule has 0 saturated carbocycles. The first-order chi connectivity index (χ1) is 11.8. The molecule has 24 heavy (non-hydrogen) atoms. The van der Waals surface area contributed by atoms with E-state index in [0.717, 1.165) is 28.7 Å². The minimum Gasteiger partial charge on any atom is -0.290 e. The predicted molar refractivity (Wildman–Crippen MR) is 101 cm³/mol. The monoisotopic (exact) mass is 333 g/mol. The van der Waals surface area contributed by atoms with E-state index in [0.29, 0.717) is 5.88 Å². The maximum Gasteiger partial charge on any atom is 0.178 e. The van der Waals surface area contributed by atoms with E-state index in [9.17, 15) is 5.11 Å². The third-order valence-corrected chi connectivity index (χ3v) is 4.16. The number of halogens is 1. The molecule has 0 aliphatic heterocycles. The van der Waals surface area contributed by atoms with Crippen LogP contribution < -0.4 is 0 Å². The van der Waals surface area contributed by atoms with Gasteiger partial charge in [-0.1, -0.05) is 72.8 Å². The normalized spacial score (nSPS) is 11.9. The molecule has 2 heteroatoms. The molecule has 3 aromatic rings. The van der Waals surface area contributed by atoms with Gasteiger partial charge in [0.05, 0.1) is 0 Å². The van der Waals surface area contributed by atoms with Gasteiger partial charge in [-0.3, -0.25) is 5.11 Å². The van der Waals surface area contributed by atoms with Gasteiger partial charge in [0.15, 0.2) is 5.75 Å². The van der Waals surface area contributed by atoms with Gasteiger partial charge >= 0.3 is 0 Å². The molecule has 0 aliphatic rings. The van der Waals surface area contributed by atoms with Crippen molar-refractivity contribution < 1.29 is 5.11 Å². The number of alkyl halides is 1. The molecule has 3 aromatic carbocycles. The Bertz CT molecular complexity index is 806. The summed E-state index contributed by atoms with van der Waals surface area (Å²) in [6.45, 7) is 0. The fraction of sp³-hybridized carbons (Fsp3) is 0.0909. The van der Waals surface area contributed by atoms with Crippen molar-refractivity contribution >= 4 is 22.7 Å². The van der Waals surface area contributed by atoms with E-state index in [1.165, 1.54) is 5.57 Å². The van der Waals surface area contributed by atoms with Gasteiger partial charge in [-0.25, -0.2) is 0 Å². The predicted octanol–water partition coefficient (Wildman–Crippen LogP) is 6.42. The van der Waals surface area contributed by atoms with E-state index in [1.807, 2.05) is 48.5 Å². The Balaban J connectivity index is 2.26. The van der Waals surface area contributed by atoms with Crippen molar-refractivity contribution in [1.82, 2.24) is 0 Å². The lowest BCUT2D eigenvalue weighted by Gasteiger charge is -2.16. The van der Waals surface area contributed by atoms with Crippen LogP contribution in [-0.2, 0) is 5.11 Å². The molecule has 0 aromatic heterocycles. The average molecular weight is 334 g/mol. The van der Waals surface area contributed by atoms with Gasteiger partial charge in [0.25, 0.3) is 0 Å². The van der Waals surface area contributed by atoms with E-state index in [4.69, 9.17) is 11.6 Å². The minimum absolute atomic E-state index is 0.0183. The zero-order valence-corrected chi connectivity index (χ0v) is 14.0. The number of hydrogen-bond donors (Lipinski definition) is 0. The van der Waals surface area contributed by atoms with Crippen molar-refractivity contribution in [3.05, 3.63) is 102 Å². The van der Waals surface area contributed by atoms with Crippen molar-refractivity contribution in [2.75, 3.05) is 5.88 Å². The molecule has 1 nitrogen and oxygen atoms in total. The van der Waals surface area contributed by atoms with Gasteiger partial charge < -0.3 is 0 Å². The van der Waals surface area contributed by atoms with Gasteiger partial charge in [-0.2, -0.15) is 0 Å². The Morgan fingerprint density at radius 2 is 1.17 bits per heavy atom. The number of benzene rings is 3. The molecular weight excluding hydrogens is 316 g/mol. The summed E-state index contributed by atoms with van der Waals surface area (Å²) in [6.07, 6.45) is 0.759. The van der Waals surface area contributed by atoms with Crippen LogP contribution in [0.4, 0.5) is 0 Å². The molecule has 0 atom stereocenters. The molecule has 0 unspecified atom stereocenters. The fourth-order valence-corrected chi connectivity index (χ4v) is 3.08. The second-order valence-electron chi connectivity index (χ2n) is 5.55. The van der Waals surface area contributed by atoms with Crippen LogP contribution in [0.3, 0.4) is 0 Å². The number of rotatable bonds is 5. The molecule has 0 amide bonds. The lowest BCUT2D eigenvalue weighted by Crippen LogP contribution is -1.96.